The van der Waals surface area contributed by atoms with E-state index < -0.39 is 18.5 Å². The fraction of sp³-hybridized carbons (Fsp3) is 0.0870. The first-order valence-electron chi connectivity index (χ1n) is 9.43. The smallest absolute Gasteiger partial charge is 0.338 e. The van der Waals surface area contributed by atoms with Gasteiger partial charge in [-0.3, -0.25) is 9.59 Å². The van der Waals surface area contributed by atoms with Crippen LogP contribution in [0.1, 0.15) is 10.4 Å². The Hall–Kier alpha value is -3.78. The first-order chi connectivity index (χ1) is 15.1. The Kier molecular flexibility index (Phi) is 6.18. The van der Waals surface area contributed by atoms with Crippen molar-refractivity contribution < 1.29 is 23.9 Å². The predicted molar refractivity (Wildman–Crippen MR) is 118 cm³/mol. The van der Waals surface area contributed by atoms with Crippen LogP contribution in [-0.2, 0) is 14.3 Å². The van der Waals surface area contributed by atoms with Crippen molar-refractivity contribution in [3.05, 3.63) is 78.4 Å². The van der Waals surface area contributed by atoms with Crippen LogP contribution < -0.4 is 15.4 Å². The minimum absolute atomic E-state index is 0.124. The zero-order valence-corrected chi connectivity index (χ0v) is 17.1. The summed E-state index contributed by atoms with van der Waals surface area (Å²) < 4.78 is 10.8. The van der Waals surface area contributed by atoms with Crippen LogP contribution in [0.5, 0.6) is 11.5 Å². The molecule has 0 fully saturated rings. The van der Waals surface area contributed by atoms with Gasteiger partial charge in [-0.2, -0.15) is 0 Å². The number of carbonyl (C=O) groups excluding carboxylic acids is 3. The van der Waals surface area contributed by atoms with E-state index in [-0.39, 0.29) is 11.5 Å². The average Bonchev–Trinajstić information content (AvgIpc) is 2.78. The van der Waals surface area contributed by atoms with Crippen LogP contribution in [0.4, 0.5) is 11.4 Å². The number of benzene rings is 3. The van der Waals surface area contributed by atoms with Gasteiger partial charge in [0.15, 0.2) is 6.61 Å². The van der Waals surface area contributed by atoms with Crippen molar-refractivity contribution in [2.75, 3.05) is 23.0 Å². The van der Waals surface area contributed by atoms with Crippen LogP contribution in [0.3, 0.4) is 0 Å². The monoisotopic (exact) mass is 434 g/mol. The molecule has 0 aromatic heterocycles. The van der Waals surface area contributed by atoms with Crippen molar-refractivity contribution >= 4 is 40.9 Å². The van der Waals surface area contributed by atoms with Gasteiger partial charge < -0.3 is 20.1 Å². The van der Waals surface area contributed by atoms with E-state index in [0.29, 0.717) is 28.6 Å². The molecule has 31 heavy (non-hydrogen) atoms. The molecular weight excluding hydrogens is 416 g/mol. The van der Waals surface area contributed by atoms with Gasteiger partial charge in [-0.05, 0) is 42.5 Å². The fourth-order valence-electron chi connectivity index (χ4n) is 2.88. The molecule has 2 amide bonds. The fourth-order valence-corrected chi connectivity index (χ4v) is 3.67. The quantitative estimate of drug-likeness (QED) is 0.561. The third-order valence-corrected chi connectivity index (χ3v) is 5.35. The molecule has 2 N–H and O–H groups in total. The number of ether oxygens (including phenoxy) is 2. The standard InChI is InChI=1S/C23H18N2O5S/c26-21(24-16-5-4-8-18(12-16)30-17-6-2-1-3-7-17)13-29-23(28)15-9-10-20-19(11-15)25-22(27)14-31-20/h1-12H,13-14H2,(H,24,26)(H,25,27). The summed E-state index contributed by atoms with van der Waals surface area (Å²) in [5, 5.41) is 5.39. The van der Waals surface area contributed by atoms with Gasteiger partial charge in [-0.25, -0.2) is 4.79 Å². The van der Waals surface area contributed by atoms with E-state index >= 15 is 0 Å². The molecule has 3 aromatic rings. The maximum Gasteiger partial charge on any atom is 0.338 e. The molecule has 1 aliphatic heterocycles. The molecule has 1 aliphatic rings. The Labute approximate surface area is 182 Å². The first kappa shape index (κ1) is 20.5. The molecule has 0 saturated carbocycles. The van der Waals surface area contributed by atoms with E-state index in [9.17, 15) is 14.4 Å². The second kappa shape index (κ2) is 9.36. The third-order valence-electron chi connectivity index (χ3n) is 4.28. The lowest BCUT2D eigenvalue weighted by atomic mass is 10.2. The number of amides is 2. The molecule has 3 aromatic carbocycles. The minimum atomic E-state index is -0.649. The van der Waals surface area contributed by atoms with Crippen molar-refractivity contribution in [2.45, 2.75) is 4.90 Å². The zero-order valence-electron chi connectivity index (χ0n) is 16.3. The summed E-state index contributed by atoms with van der Waals surface area (Å²) in [6.07, 6.45) is 0. The average molecular weight is 434 g/mol. The van der Waals surface area contributed by atoms with Gasteiger partial charge in [-0.15, -0.1) is 11.8 Å². The summed E-state index contributed by atoms with van der Waals surface area (Å²) >= 11 is 1.40. The van der Waals surface area contributed by atoms with E-state index in [1.54, 1.807) is 42.5 Å². The zero-order chi connectivity index (χ0) is 21.6. The van der Waals surface area contributed by atoms with Crippen molar-refractivity contribution in [3.63, 3.8) is 0 Å². The molecule has 0 aliphatic carbocycles. The van der Waals surface area contributed by atoms with Gasteiger partial charge in [-0.1, -0.05) is 24.3 Å². The molecule has 7 nitrogen and oxygen atoms in total. The Morgan fingerprint density at radius 1 is 0.968 bits per heavy atom. The van der Waals surface area contributed by atoms with Gasteiger partial charge >= 0.3 is 5.97 Å². The molecule has 1 heterocycles. The lowest BCUT2D eigenvalue weighted by molar-refractivity contribution is -0.119. The lowest BCUT2D eigenvalue weighted by Crippen LogP contribution is -2.22. The molecule has 8 heteroatoms. The molecule has 0 atom stereocenters. The van der Waals surface area contributed by atoms with Crippen molar-refractivity contribution in [1.82, 2.24) is 0 Å². The van der Waals surface area contributed by atoms with Crippen LogP contribution >= 0.6 is 11.8 Å². The third kappa shape index (κ3) is 5.43. The van der Waals surface area contributed by atoms with Gasteiger partial charge in [0.25, 0.3) is 5.91 Å². The van der Waals surface area contributed by atoms with E-state index in [2.05, 4.69) is 10.6 Å². The summed E-state index contributed by atoms with van der Waals surface area (Å²) in [5.74, 6) is 0.334. The molecule has 4 rings (SSSR count). The Morgan fingerprint density at radius 2 is 1.77 bits per heavy atom. The number of fused-ring (bicyclic) bond motifs is 1. The van der Waals surface area contributed by atoms with E-state index in [4.69, 9.17) is 9.47 Å². The Balaban J connectivity index is 1.32. The van der Waals surface area contributed by atoms with Gasteiger partial charge in [0.1, 0.15) is 11.5 Å². The summed E-state index contributed by atoms with van der Waals surface area (Å²) in [7, 11) is 0. The number of nitrogens with one attached hydrogen (secondary N) is 2. The largest absolute Gasteiger partial charge is 0.457 e. The number of hydrogen-bond donors (Lipinski definition) is 2. The molecule has 0 radical (unpaired) electrons. The second-order valence-corrected chi connectivity index (χ2v) is 7.63. The number of carbonyl (C=O) groups is 3. The number of esters is 1. The van der Waals surface area contributed by atoms with Gasteiger partial charge in [0.05, 0.1) is 17.0 Å². The van der Waals surface area contributed by atoms with Crippen molar-refractivity contribution in [1.29, 1.82) is 0 Å². The Bertz CT molecular complexity index is 1130. The number of thioether (sulfide) groups is 1. The van der Waals surface area contributed by atoms with Crippen molar-refractivity contribution in [3.8, 4) is 11.5 Å². The number of anilines is 2. The van der Waals surface area contributed by atoms with Crippen molar-refractivity contribution in [2.24, 2.45) is 0 Å². The molecule has 0 saturated heterocycles. The van der Waals surface area contributed by atoms with E-state index in [1.165, 1.54) is 11.8 Å². The SMILES string of the molecule is O=C(COC(=O)c1ccc2c(c1)NC(=O)CS2)Nc1cccc(Oc2ccccc2)c1. The highest BCUT2D eigenvalue weighted by molar-refractivity contribution is 8.00. The highest BCUT2D eigenvalue weighted by Crippen LogP contribution is 2.32. The van der Waals surface area contributed by atoms with Crippen LogP contribution in [0.2, 0.25) is 0 Å². The number of hydrogen-bond acceptors (Lipinski definition) is 6. The van der Waals surface area contributed by atoms with Crippen LogP contribution in [0, 0.1) is 0 Å². The molecular formula is C23H18N2O5S. The number of para-hydroxylation sites is 1. The minimum Gasteiger partial charge on any atom is -0.457 e. The second-order valence-electron chi connectivity index (χ2n) is 6.62. The summed E-state index contributed by atoms with van der Waals surface area (Å²) in [6.45, 7) is -0.444. The number of rotatable bonds is 6. The topological polar surface area (TPSA) is 93.7 Å². The predicted octanol–water partition coefficient (Wildman–Crippen LogP) is 4.32. The summed E-state index contributed by atoms with van der Waals surface area (Å²) in [4.78, 5) is 36.9. The molecule has 0 unspecified atom stereocenters. The van der Waals surface area contributed by atoms with Crippen LogP contribution in [0.25, 0.3) is 0 Å². The molecule has 156 valence electrons. The molecule has 0 bridgehead atoms. The van der Waals surface area contributed by atoms with E-state index in [1.807, 2.05) is 30.3 Å². The van der Waals surface area contributed by atoms with Crippen LogP contribution in [0.15, 0.2) is 77.7 Å². The summed E-state index contributed by atoms with van der Waals surface area (Å²) in [5.41, 5.74) is 1.34. The highest BCUT2D eigenvalue weighted by Gasteiger charge is 2.18. The summed E-state index contributed by atoms with van der Waals surface area (Å²) in [6, 6.07) is 21.1. The highest BCUT2D eigenvalue weighted by atomic mass is 32.2. The first-order valence-corrected chi connectivity index (χ1v) is 10.4. The maximum atomic E-state index is 12.3. The van der Waals surface area contributed by atoms with Gasteiger partial charge in [0.2, 0.25) is 5.91 Å². The van der Waals surface area contributed by atoms with E-state index in [0.717, 1.165) is 4.90 Å². The maximum absolute atomic E-state index is 12.3. The van der Waals surface area contributed by atoms with Gasteiger partial charge in [0, 0.05) is 16.6 Å². The Morgan fingerprint density at radius 3 is 2.61 bits per heavy atom. The van der Waals surface area contributed by atoms with Crippen LogP contribution in [-0.4, -0.2) is 30.1 Å². The normalized spacial score (nSPS) is 12.3. The lowest BCUT2D eigenvalue weighted by Gasteiger charge is -2.16. The molecule has 0 spiro atoms.